The van der Waals surface area contributed by atoms with E-state index in [4.69, 9.17) is 28.3 Å². The molecule has 0 amide bonds. The number of benzene rings is 2. The summed E-state index contributed by atoms with van der Waals surface area (Å²) in [5.41, 5.74) is 2.30. The van der Waals surface area contributed by atoms with Gasteiger partial charge in [-0.2, -0.15) is 5.10 Å². The van der Waals surface area contributed by atoms with Gasteiger partial charge in [-0.15, -0.1) is 0 Å². The van der Waals surface area contributed by atoms with Crippen molar-refractivity contribution in [3.05, 3.63) is 64.8 Å². The van der Waals surface area contributed by atoms with Gasteiger partial charge in [0.25, 0.3) is 0 Å². The Morgan fingerprint density at radius 3 is 2.13 bits per heavy atom. The van der Waals surface area contributed by atoms with Crippen molar-refractivity contribution in [1.82, 2.24) is 9.78 Å². The number of hydrogen-bond donors (Lipinski definition) is 1. The van der Waals surface area contributed by atoms with Crippen molar-refractivity contribution in [3.63, 3.8) is 0 Å². The number of halogens is 2. The summed E-state index contributed by atoms with van der Waals surface area (Å²) in [6.45, 7) is 0. The average molecular weight is 368 g/mol. The fraction of sp³-hybridized carbons (Fsp3) is 0. The fourth-order valence-electron chi connectivity index (χ4n) is 2.15. The van der Waals surface area contributed by atoms with Crippen molar-refractivity contribution in [3.8, 4) is 16.9 Å². The molecule has 2 aromatic carbocycles. The molecule has 0 saturated carbocycles. The van der Waals surface area contributed by atoms with E-state index < -0.39 is 10.0 Å². The molecule has 0 bridgehead atoms. The Morgan fingerprint density at radius 2 is 1.57 bits per heavy atom. The molecule has 23 heavy (non-hydrogen) atoms. The van der Waals surface area contributed by atoms with Crippen LogP contribution in [0, 0.1) is 0 Å². The number of nitrogens with two attached hydrogens (primary N) is 1. The Kier molecular flexibility index (Phi) is 4.16. The normalized spacial score (nSPS) is 11.6. The minimum Gasteiger partial charge on any atom is -0.232 e. The molecule has 0 atom stereocenters. The predicted octanol–water partition coefficient (Wildman–Crippen LogP) is 3.49. The topological polar surface area (TPSA) is 78.0 Å². The first-order valence-corrected chi connectivity index (χ1v) is 8.79. The lowest BCUT2D eigenvalue weighted by Crippen LogP contribution is -2.12. The first kappa shape index (κ1) is 16.0. The molecule has 118 valence electrons. The Morgan fingerprint density at radius 1 is 0.957 bits per heavy atom. The number of sulfonamides is 1. The van der Waals surface area contributed by atoms with E-state index in [9.17, 15) is 8.42 Å². The minimum atomic E-state index is -3.73. The lowest BCUT2D eigenvalue weighted by atomic mass is 10.1. The van der Waals surface area contributed by atoms with E-state index in [-0.39, 0.29) is 4.90 Å². The Labute approximate surface area is 143 Å². The second-order valence-corrected chi connectivity index (χ2v) is 7.20. The second kappa shape index (κ2) is 5.98. The lowest BCUT2D eigenvalue weighted by molar-refractivity contribution is 0.598. The molecule has 0 aliphatic heterocycles. The summed E-state index contributed by atoms with van der Waals surface area (Å²) in [4.78, 5) is 0.0348. The number of rotatable bonds is 3. The zero-order chi connectivity index (χ0) is 16.6. The Balaban J connectivity index is 2.09. The van der Waals surface area contributed by atoms with Crippen LogP contribution in [0.2, 0.25) is 10.2 Å². The molecule has 0 saturated heterocycles. The van der Waals surface area contributed by atoms with E-state index in [1.807, 2.05) is 12.1 Å². The summed E-state index contributed by atoms with van der Waals surface area (Å²) in [6.07, 6.45) is 0. The van der Waals surface area contributed by atoms with Crippen molar-refractivity contribution in [1.29, 1.82) is 0 Å². The fourth-order valence-corrected chi connectivity index (χ4v) is 2.97. The molecule has 0 spiro atoms. The van der Waals surface area contributed by atoms with Crippen LogP contribution >= 0.6 is 23.2 Å². The van der Waals surface area contributed by atoms with Crippen LogP contribution in [0.1, 0.15) is 0 Å². The minimum absolute atomic E-state index is 0.0348. The van der Waals surface area contributed by atoms with Gasteiger partial charge in [-0.3, -0.25) is 0 Å². The number of primary sulfonamides is 1. The first-order valence-electron chi connectivity index (χ1n) is 6.49. The molecular formula is C15H11Cl2N3O2S. The monoisotopic (exact) mass is 367 g/mol. The first-order chi connectivity index (χ1) is 10.8. The average Bonchev–Trinajstić information content (AvgIpc) is 2.89. The van der Waals surface area contributed by atoms with Gasteiger partial charge >= 0.3 is 0 Å². The number of nitrogens with zero attached hydrogens (tertiary/aromatic N) is 2. The maximum absolute atomic E-state index is 11.3. The van der Waals surface area contributed by atoms with Gasteiger partial charge in [0.1, 0.15) is 0 Å². The molecule has 0 unspecified atom stereocenters. The Hall–Kier alpha value is -1.86. The summed E-state index contributed by atoms with van der Waals surface area (Å²) in [7, 11) is -3.73. The van der Waals surface area contributed by atoms with Crippen molar-refractivity contribution in [2.75, 3.05) is 0 Å². The van der Waals surface area contributed by atoms with Crippen LogP contribution in [-0.4, -0.2) is 18.2 Å². The van der Waals surface area contributed by atoms with Gasteiger partial charge in [0.05, 0.1) is 16.3 Å². The Bertz CT molecular complexity index is 949. The van der Waals surface area contributed by atoms with Crippen LogP contribution in [0.3, 0.4) is 0 Å². The summed E-state index contributed by atoms with van der Waals surface area (Å²) in [5, 5.41) is 10.3. The maximum Gasteiger partial charge on any atom is 0.238 e. The van der Waals surface area contributed by atoms with E-state index in [1.54, 1.807) is 35.0 Å². The van der Waals surface area contributed by atoms with Gasteiger partial charge in [-0.1, -0.05) is 35.3 Å². The van der Waals surface area contributed by atoms with Crippen molar-refractivity contribution in [2.24, 2.45) is 5.14 Å². The highest BCUT2D eigenvalue weighted by molar-refractivity contribution is 7.89. The summed E-state index contributed by atoms with van der Waals surface area (Å²) < 4.78 is 24.3. The van der Waals surface area contributed by atoms with Crippen LogP contribution in [0.4, 0.5) is 0 Å². The highest BCUT2D eigenvalue weighted by atomic mass is 35.5. The predicted molar refractivity (Wildman–Crippen MR) is 90.4 cm³/mol. The number of aromatic nitrogens is 2. The van der Waals surface area contributed by atoms with Gasteiger partial charge in [0.2, 0.25) is 10.0 Å². The second-order valence-electron chi connectivity index (χ2n) is 4.81. The molecule has 0 aliphatic carbocycles. The molecular weight excluding hydrogens is 357 g/mol. The third-order valence-electron chi connectivity index (χ3n) is 3.23. The molecule has 1 heterocycles. The van der Waals surface area contributed by atoms with E-state index in [1.165, 1.54) is 12.1 Å². The van der Waals surface area contributed by atoms with E-state index >= 15 is 0 Å². The number of hydrogen-bond acceptors (Lipinski definition) is 3. The summed E-state index contributed by atoms with van der Waals surface area (Å²) in [5.74, 6) is 0. The third-order valence-corrected chi connectivity index (χ3v) is 4.60. The highest BCUT2D eigenvalue weighted by Gasteiger charge is 2.12. The van der Waals surface area contributed by atoms with Gasteiger partial charge < -0.3 is 0 Å². The largest absolute Gasteiger partial charge is 0.238 e. The van der Waals surface area contributed by atoms with E-state index in [0.29, 0.717) is 15.9 Å². The standard InChI is InChI=1S/C15H11Cl2N3O2S/c16-11-3-1-10(2-4-11)14-9-15(17)19-20(14)12-5-7-13(8-6-12)23(18,21)22/h1-9H,(H2,18,21,22). The summed E-state index contributed by atoms with van der Waals surface area (Å²) in [6, 6.07) is 15.0. The third kappa shape index (κ3) is 3.40. The van der Waals surface area contributed by atoms with Gasteiger partial charge in [0.15, 0.2) is 5.15 Å². The van der Waals surface area contributed by atoms with Crippen molar-refractivity contribution < 1.29 is 8.42 Å². The highest BCUT2D eigenvalue weighted by Crippen LogP contribution is 2.27. The lowest BCUT2D eigenvalue weighted by Gasteiger charge is -2.08. The zero-order valence-electron chi connectivity index (χ0n) is 11.6. The smallest absolute Gasteiger partial charge is 0.232 e. The molecule has 3 rings (SSSR count). The zero-order valence-corrected chi connectivity index (χ0v) is 14.0. The summed E-state index contributed by atoms with van der Waals surface area (Å²) >= 11 is 11.9. The van der Waals surface area contributed by atoms with E-state index in [0.717, 1.165) is 11.3 Å². The van der Waals surface area contributed by atoms with Crippen LogP contribution < -0.4 is 5.14 Å². The quantitative estimate of drug-likeness (QED) is 0.769. The van der Waals surface area contributed by atoms with Crippen LogP contribution in [0.25, 0.3) is 16.9 Å². The molecule has 0 radical (unpaired) electrons. The van der Waals surface area contributed by atoms with Crippen LogP contribution in [-0.2, 0) is 10.0 Å². The molecule has 5 nitrogen and oxygen atoms in total. The molecule has 2 N–H and O–H groups in total. The van der Waals surface area contributed by atoms with E-state index in [2.05, 4.69) is 5.10 Å². The van der Waals surface area contributed by atoms with Crippen molar-refractivity contribution >= 4 is 33.2 Å². The SMILES string of the molecule is NS(=O)(=O)c1ccc(-n2nc(Cl)cc2-c2ccc(Cl)cc2)cc1. The van der Waals surface area contributed by atoms with Crippen LogP contribution in [0.5, 0.6) is 0 Å². The molecule has 8 heteroatoms. The van der Waals surface area contributed by atoms with Crippen molar-refractivity contribution in [2.45, 2.75) is 4.90 Å². The molecule has 1 aromatic heterocycles. The molecule has 0 fully saturated rings. The van der Waals surface area contributed by atoms with Gasteiger partial charge in [-0.25, -0.2) is 18.2 Å². The maximum atomic E-state index is 11.3. The molecule has 3 aromatic rings. The molecule has 0 aliphatic rings. The van der Waals surface area contributed by atoms with Gasteiger partial charge in [0, 0.05) is 16.7 Å². The van der Waals surface area contributed by atoms with Crippen LogP contribution in [0.15, 0.2) is 59.5 Å². The van der Waals surface area contributed by atoms with Gasteiger partial charge in [-0.05, 0) is 36.4 Å².